The zero-order valence-corrected chi connectivity index (χ0v) is 11.6. The summed E-state index contributed by atoms with van der Waals surface area (Å²) in [6.07, 6.45) is 0. The quantitative estimate of drug-likeness (QED) is 0.658. The third kappa shape index (κ3) is 2.62. The van der Waals surface area contributed by atoms with E-state index in [1.54, 1.807) is 6.92 Å². The number of aromatic nitrogens is 2. The molecule has 20 heavy (non-hydrogen) atoms. The molecule has 0 atom stereocenters. The van der Waals surface area contributed by atoms with E-state index in [0.717, 1.165) is 6.07 Å². The van der Waals surface area contributed by atoms with E-state index >= 15 is 0 Å². The van der Waals surface area contributed by atoms with Crippen molar-refractivity contribution in [3.05, 3.63) is 45.6 Å². The summed E-state index contributed by atoms with van der Waals surface area (Å²) < 4.78 is 26.8. The van der Waals surface area contributed by atoms with Gasteiger partial charge in [-0.05, 0) is 19.4 Å². The standard InChI is InChI=1S/C11H12N4O4S/c1-7-4-3-5-9(15(16)17)11(7)20(18,19)14-10-6-8(2)12-13-10/h3-6H,1-2H3,(H2,12,13,14). The lowest BCUT2D eigenvalue weighted by molar-refractivity contribution is -0.387. The van der Waals surface area contributed by atoms with Crippen LogP contribution in [0.3, 0.4) is 0 Å². The van der Waals surface area contributed by atoms with Gasteiger partial charge in [-0.3, -0.25) is 19.9 Å². The van der Waals surface area contributed by atoms with Gasteiger partial charge in [0.25, 0.3) is 15.7 Å². The summed E-state index contributed by atoms with van der Waals surface area (Å²) in [7, 11) is -4.08. The van der Waals surface area contributed by atoms with Crippen molar-refractivity contribution in [3.63, 3.8) is 0 Å². The third-order valence-corrected chi connectivity index (χ3v) is 4.15. The molecule has 0 spiro atoms. The molecule has 0 saturated carbocycles. The number of nitro groups is 1. The largest absolute Gasteiger partial charge is 0.290 e. The minimum Gasteiger partial charge on any atom is -0.281 e. The Labute approximate surface area is 115 Å². The molecule has 0 bridgehead atoms. The highest BCUT2D eigenvalue weighted by atomic mass is 32.2. The van der Waals surface area contributed by atoms with Crippen LogP contribution in [-0.4, -0.2) is 23.5 Å². The number of nitrogens with one attached hydrogen (secondary N) is 2. The van der Waals surface area contributed by atoms with Crippen molar-refractivity contribution in [2.45, 2.75) is 18.7 Å². The van der Waals surface area contributed by atoms with Gasteiger partial charge < -0.3 is 0 Å². The first-order valence-corrected chi connectivity index (χ1v) is 7.08. The molecule has 1 heterocycles. The SMILES string of the molecule is Cc1cc(NS(=O)(=O)c2c(C)cccc2[N+](=O)[O-])n[nH]1. The van der Waals surface area contributed by atoms with Gasteiger partial charge in [0.1, 0.15) is 0 Å². The van der Waals surface area contributed by atoms with E-state index in [-0.39, 0.29) is 10.7 Å². The lowest BCUT2D eigenvalue weighted by Crippen LogP contribution is -2.16. The first-order valence-electron chi connectivity index (χ1n) is 5.60. The molecule has 0 aliphatic carbocycles. The Kier molecular flexibility index (Phi) is 3.45. The molecule has 2 N–H and O–H groups in total. The normalized spacial score (nSPS) is 11.3. The first kappa shape index (κ1) is 14.0. The number of hydrogen-bond acceptors (Lipinski definition) is 5. The van der Waals surface area contributed by atoms with E-state index < -0.39 is 20.6 Å². The van der Waals surface area contributed by atoms with Gasteiger partial charge in [0.2, 0.25) is 0 Å². The van der Waals surface area contributed by atoms with Crippen molar-refractivity contribution in [3.8, 4) is 0 Å². The second-order valence-electron chi connectivity index (χ2n) is 4.22. The molecule has 0 saturated heterocycles. The van der Waals surface area contributed by atoms with Crippen molar-refractivity contribution in [2.24, 2.45) is 0 Å². The van der Waals surface area contributed by atoms with E-state index in [2.05, 4.69) is 14.9 Å². The highest BCUT2D eigenvalue weighted by Crippen LogP contribution is 2.28. The van der Waals surface area contributed by atoms with Crippen LogP contribution in [0, 0.1) is 24.0 Å². The Balaban J connectivity index is 2.52. The molecule has 0 amide bonds. The first-order chi connectivity index (χ1) is 9.31. The summed E-state index contributed by atoms with van der Waals surface area (Å²) in [5.41, 5.74) is 0.491. The molecule has 0 unspecified atom stereocenters. The summed E-state index contributed by atoms with van der Waals surface area (Å²) >= 11 is 0. The Hall–Kier alpha value is -2.42. The number of anilines is 1. The van der Waals surface area contributed by atoms with Gasteiger partial charge >= 0.3 is 0 Å². The molecule has 106 valence electrons. The minimum atomic E-state index is -4.08. The van der Waals surface area contributed by atoms with Crippen molar-refractivity contribution >= 4 is 21.5 Å². The van der Waals surface area contributed by atoms with Gasteiger partial charge in [-0.2, -0.15) is 5.10 Å². The van der Waals surface area contributed by atoms with Crippen LogP contribution >= 0.6 is 0 Å². The molecular formula is C11H12N4O4S. The second kappa shape index (κ2) is 4.93. The zero-order valence-electron chi connectivity index (χ0n) is 10.7. The highest BCUT2D eigenvalue weighted by Gasteiger charge is 2.28. The molecule has 2 rings (SSSR count). The summed E-state index contributed by atoms with van der Waals surface area (Å²) in [6, 6.07) is 5.57. The number of rotatable bonds is 4. The Morgan fingerprint density at radius 1 is 1.35 bits per heavy atom. The van der Waals surface area contributed by atoms with Crippen molar-refractivity contribution in [2.75, 3.05) is 4.72 Å². The number of aryl methyl sites for hydroxylation is 2. The molecule has 0 fully saturated rings. The average Bonchev–Trinajstić information content (AvgIpc) is 2.73. The summed E-state index contributed by atoms with van der Waals surface area (Å²) in [4.78, 5) is 9.89. The summed E-state index contributed by atoms with van der Waals surface area (Å²) in [5, 5.41) is 17.3. The van der Waals surface area contributed by atoms with E-state index in [0.29, 0.717) is 11.3 Å². The van der Waals surface area contributed by atoms with Gasteiger partial charge in [-0.25, -0.2) is 8.42 Å². The third-order valence-electron chi connectivity index (χ3n) is 2.60. The summed E-state index contributed by atoms with van der Waals surface area (Å²) in [6.45, 7) is 3.21. The lowest BCUT2D eigenvalue weighted by atomic mass is 10.2. The summed E-state index contributed by atoms with van der Waals surface area (Å²) in [5.74, 6) is 0.0834. The zero-order chi connectivity index (χ0) is 14.9. The molecule has 0 aliphatic rings. The van der Waals surface area contributed by atoms with Crippen LogP contribution in [-0.2, 0) is 10.0 Å². The predicted molar refractivity (Wildman–Crippen MR) is 72.0 cm³/mol. The maximum absolute atomic E-state index is 12.3. The molecule has 1 aromatic carbocycles. The second-order valence-corrected chi connectivity index (χ2v) is 5.84. The molecular weight excluding hydrogens is 284 g/mol. The number of sulfonamides is 1. The van der Waals surface area contributed by atoms with Gasteiger partial charge in [0.15, 0.2) is 10.7 Å². The van der Waals surface area contributed by atoms with Crippen LogP contribution in [0.4, 0.5) is 11.5 Å². The van der Waals surface area contributed by atoms with Crippen molar-refractivity contribution in [1.29, 1.82) is 0 Å². The molecule has 0 radical (unpaired) electrons. The number of hydrogen-bond donors (Lipinski definition) is 2. The van der Waals surface area contributed by atoms with E-state index in [1.165, 1.54) is 25.1 Å². The Bertz CT molecular complexity index is 766. The van der Waals surface area contributed by atoms with Crippen LogP contribution in [0.15, 0.2) is 29.2 Å². The number of aromatic amines is 1. The number of nitrogens with zero attached hydrogens (tertiary/aromatic N) is 2. The van der Waals surface area contributed by atoms with Crippen LogP contribution < -0.4 is 4.72 Å². The maximum atomic E-state index is 12.3. The number of benzene rings is 1. The molecule has 8 nitrogen and oxygen atoms in total. The van der Waals surface area contributed by atoms with Crippen molar-refractivity contribution < 1.29 is 13.3 Å². The maximum Gasteiger partial charge on any atom is 0.290 e. The molecule has 1 aromatic heterocycles. The van der Waals surface area contributed by atoms with Crippen LogP contribution in [0.5, 0.6) is 0 Å². The van der Waals surface area contributed by atoms with E-state index in [4.69, 9.17) is 0 Å². The van der Waals surface area contributed by atoms with E-state index in [1.807, 2.05) is 0 Å². The van der Waals surface area contributed by atoms with E-state index in [9.17, 15) is 18.5 Å². The Morgan fingerprint density at radius 3 is 2.60 bits per heavy atom. The number of nitro benzene ring substituents is 1. The monoisotopic (exact) mass is 296 g/mol. The van der Waals surface area contributed by atoms with Crippen molar-refractivity contribution in [1.82, 2.24) is 10.2 Å². The fourth-order valence-electron chi connectivity index (χ4n) is 1.79. The van der Waals surface area contributed by atoms with Gasteiger partial charge in [-0.1, -0.05) is 12.1 Å². The highest BCUT2D eigenvalue weighted by molar-refractivity contribution is 7.93. The number of H-pyrrole nitrogens is 1. The molecule has 2 aromatic rings. The molecule has 9 heteroatoms. The lowest BCUT2D eigenvalue weighted by Gasteiger charge is -2.08. The van der Waals surface area contributed by atoms with Gasteiger partial charge in [-0.15, -0.1) is 0 Å². The smallest absolute Gasteiger partial charge is 0.281 e. The van der Waals surface area contributed by atoms with Crippen LogP contribution in [0.25, 0.3) is 0 Å². The Morgan fingerprint density at radius 2 is 2.05 bits per heavy atom. The molecule has 0 aliphatic heterocycles. The topological polar surface area (TPSA) is 118 Å². The van der Waals surface area contributed by atoms with Gasteiger partial charge in [0, 0.05) is 17.8 Å². The van der Waals surface area contributed by atoms with Crippen LogP contribution in [0.2, 0.25) is 0 Å². The predicted octanol–water partition coefficient (Wildman–Crippen LogP) is 1.74. The fraction of sp³-hybridized carbons (Fsp3) is 0.182. The average molecular weight is 296 g/mol. The van der Waals surface area contributed by atoms with Crippen LogP contribution in [0.1, 0.15) is 11.3 Å². The minimum absolute atomic E-state index is 0.0834. The van der Waals surface area contributed by atoms with Gasteiger partial charge in [0.05, 0.1) is 4.92 Å². The fourth-order valence-corrected chi connectivity index (χ4v) is 3.18.